The lowest BCUT2D eigenvalue weighted by Crippen LogP contribution is -2.32. The van der Waals surface area contributed by atoms with Gasteiger partial charge in [-0.05, 0) is 18.1 Å². The van der Waals surface area contributed by atoms with Crippen LogP contribution in [0.4, 0.5) is 0 Å². The van der Waals surface area contributed by atoms with Crippen LogP contribution in [-0.4, -0.2) is 14.1 Å². The van der Waals surface area contributed by atoms with Gasteiger partial charge >= 0.3 is 0 Å². The molecule has 0 saturated carbocycles. The summed E-state index contributed by atoms with van der Waals surface area (Å²) in [5.41, 5.74) is 0. The summed E-state index contributed by atoms with van der Waals surface area (Å²) < 4.78 is 0. The van der Waals surface area contributed by atoms with Gasteiger partial charge in [0.15, 0.2) is 0 Å². The highest BCUT2D eigenvalue weighted by atomic mass is 79.9. The predicted octanol–water partition coefficient (Wildman–Crippen LogP) is 3.87. The van der Waals surface area contributed by atoms with Gasteiger partial charge in [-0.25, -0.2) is 0 Å². The molecule has 0 aromatic carbocycles. The number of halogens is 2. The number of hydrogen-bond donors (Lipinski definition) is 0. The summed E-state index contributed by atoms with van der Waals surface area (Å²) in [6.07, 6.45) is 1.38. The Bertz CT molecular complexity index is 122. The van der Waals surface area contributed by atoms with Gasteiger partial charge in [-0.15, -0.1) is 30.6 Å². The molecule has 0 unspecified atom stereocenters. The third-order valence-corrected chi connectivity index (χ3v) is 15.6. The first kappa shape index (κ1) is 10.5. The molecule has 0 aliphatic carbocycles. The molecule has 1 rings (SSSR count). The molecule has 1 fully saturated rings. The SMILES string of the molecule is CCC[Si]1(Br)CC[SiH](Br)CC1. The van der Waals surface area contributed by atoms with Crippen molar-refractivity contribution in [1.29, 1.82) is 0 Å². The van der Waals surface area contributed by atoms with Crippen LogP contribution in [0.3, 0.4) is 0 Å². The van der Waals surface area contributed by atoms with Gasteiger partial charge in [0.1, 0.15) is 14.1 Å². The summed E-state index contributed by atoms with van der Waals surface area (Å²) in [6, 6.07) is 7.67. The summed E-state index contributed by atoms with van der Waals surface area (Å²) in [6.45, 7) is 1.45. The normalized spacial score (nSPS) is 39.0. The van der Waals surface area contributed by atoms with Crippen LogP contribution in [0.25, 0.3) is 0 Å². The Morgan fingerprint density at radius 2 is 1.91 bits per heavy atom. The van der Waals surface area contributed by atoms with Crippen LogP contribution in [0.1, 0.15) is 13.3 Å². The fourth-order valence-corrected chi connectivity index (χ4v) is 19.8. The number of rotatable bonds is 2. The predicted molar refractivity (Wildman–Crippen MR) is 65.1 cm³/mol. The summed E-state index contributed by atoms with van der Waals surface area (Å²) in [7, 11) is -0.384. The van der Waals surface area contributed by atoms with Crippen molar-refractivity contribution in [2.45, 2.75) is 43.6 Å². The zero-order valence-corrected chi connectivity index (χ0v) is 12.4. The molecule has 0 atom stereocenters. The van der Waals surface area contributed by atoms with E-state index in [1.165, 1.54) is 24.6 Å². The Labute approximate surface area is 87.9 Å². The topological polar surface area (TPSA) is 0 Å². The van der Waals surface area contributed by atoms with E-state index < -0.39 is 6.69 Å². The quantitative estimate of drug-likeness (QED) is 0.536. The second-order valence-electron chi connectivity index (χ2n) is 3.58. The molecule has 0 N–H and O–H groups in total. The van der Waals surface area contributed by atoms with Gasteiger partial charge in [-0.1, -0.05) is 25.4 Å². The molecule has 4 heteroatoms. The maximum absolute atomic E-state index is 4.02. The summed E-state index contributed by atoms with van der Waals surface area (Å²) in [4.78, 5) is 0. The summed E-state index contributed by atoms with van der Waals surface area (Å²) in [5, 5.41) is 0. The van der Waals surface area contributed by atoms with Crippen LogP contribution < -0.4 is 0 Å². The van der Waals surface area contributed by atoms with E-state index in [1.807, 2.05) is 0 Å². The third-order valence-electron chi connectivity index (χ3n) is 2.51. The minimum absolute atomic E-state index is 0.384. The van der Waals surface area contributed by atoms with Gasteiger partial charge in [0, 0.05) is 0 Å². The molecule has 0 amide bonds. The average Bonchev–Trinajstić information content (AvgIpc) is 1.97. The molecule has 11 heavy (non-hydrogen) atoms. The molecule has 0 nitrogen and oxygen atoms in total. The maximum atomic E-state index is 4.02. The summed E-state index contributed by atoms with van der Waals surface area (Å²) >= 11 is 7.86. The smallest absolute Gasteiger partial charge is 0.129 e. The maximum Gasteiger partial charge on any atom is 0.129 e. The second-order valence-corrected chi connectivity index (χ2v) is 18.7. The Hall–Kier alpha value is 1.39. The summed E-state index contributed by atoms with van der Waals surface area (Å²) in [5.74, 6) is 0. The van der Waals surface area contributed by atoms with Crippen molar-refractivity contribution in [2.24, 2.45) is 0 Å². The first-order valence-corrected chi connectivity index (χ1v) is 14.2. The van der Waals surface area contributed by atoms with E-state index in [1.54, 1.807) is 12.1 Å². The minimum Gasteiger partial charge on any atom is -0.131 e. The molecule has 1 aliphatic heterocycles. The number of hydrogen-bond acceptors (Lipinski definition) is 0. The Morgan fingerprint density at radius 3 is 2.36 bits per heavy atom. The highest BCUT2D eigenvalue weighted by Crippen LogP contribution is 2.39. The van der Waals surface area contributed by atoms with Crippen molar-refractivity contribution in [3.8, 4) is 0 Å². The van der Waals surface area contributed by atoms with Gasteiger partial charge in [0.25, 0.3) is 0 Å². The second kappa shape index (κ2) is 4.58. The van der Waals surface area contributed by atoms with Crippen molar-refractivity contribution in [2.75, 3.05) is 0 Å². The molecular formula is C7H16Br2Si2. The fraction of sp³-hybridized carbons (Fsp3) is 1.00. The molecule has 0 aromatic heterocycles. The highest BCUT2D eigenvalue weighted by Gasteiger charge is 2.33. The molecule has 1 heterocycles. The van der Waals surface area contributed by atoms with Crippen molar-refractivity contribution in [3.63, 3.8) is 0 Å². The molecule has 66 valence electrons. The van der Waals surface area contributed by atoms with Gasteiger partial charge < -0.3 is 0 Å². The van der Waals surface area contributed by atoms with Crippen LogP contribution in [0.5, 0.6) is 0 Å². The van der Waals surface area contributed by atoms with Gasteiger partial charge in [0.2, 0.25) is 0 Å². The monoisotopic (exact) mass is 314 g/mol. The van der Waals surface area contributed by atoms with E-state index in [4.69, 9.17) is 0 Å². The Balaban J connectivity index is 2.35. The lowest BCUT2D eigenvalue weighted by Gasteiger charge is -2.30. The zero-order valence-electron chi connectivity index (χ0n) is 7.08. The van der Waals surface area contributed by atoms with E-state index in [0.717, 1.165) is 0 Å². The van der Waals surface area contributed by atoms with E-state index >= 15 is 0 Å². The minimum atomic E-state index is -0.861. The lowest BCUT2D eigenvalue weighted by molar-refractivity contribution is 1.02. The van der Waals surface area contributed by atoms with E-state index in [-0.39, 0.29) is 7.42 Å². The van der Waals surface area contributed by atoms with Gasteiger partial charge in [0.05, 0.1) is 0 Å². The van der Waals surface area contributed by atoms with Crippen molar-refractivity contribution in [3.05, 3.63) is 0 Å². The van der Waals surface area contributed by atoms with Crippen LogP contribution in [-0.2, 0) is 0 Å². The van der Waals surface area contributed by atoms with Gasteiger partial charge in [-0.3, -0.25) is 0 Å². The van der Waals surface area contributed by atoms with Crippen molar-refractivity contribution in [1.82, 2.24) is 0 Å². The van der Waals surface area contributed by atoms with E-state index in [0.29, 0.717) is 0 Å². The molecular weight excluding hydrogens is 300 g/mol. The van der Waals surface area contributed by atoms with Crippen molar-refractivity contribution < 1.29 is 0 Å². The fourth-order valence-electron chi connectivity index (χ4n) is 1.80. The van der Waals surface area contributed by atoms with Gasteiger partial charge in [-0.2, -0.15) is 0 Å². The van der Waals surface area contributed by atoms with Crippen molar-refractivity contribution >= 4 is 44.7 Å². The van der Waals surface area contributed by atoms with E-state index in [2.05, 4.69) is 37.5 Å². The third kappa shape index (κ3) is 3.32. The standard InChI is InChI=1S/C7H16Br2Si2/c1-2-5-11(9)6-3-10(8)4-7-11/h10H,2-7H2,1H3. The van der Waals surface area contributed by atoms with Crippen LogP contribution in [0.2, 0.25) is 30.2 Å². The Kier molecular flexibility index (Phi) is 4.36. The highest BCUT2D eigenvalue weighted by molar-refractivity contribution is 9.26. The first-order valence-electron chi connectivity index (χ1n) is 4.49. The Morgan fingerprint density at radius 1 is 1.36 bits per heavy atom. The molecule has 0 bridgehead atoms. The molecule has 0 aromatic rings. The molecule has 1 aliphatic rings. The largest absolute Gasteiger partial charge is 0.131 e. The lowest BCUT2D eigenvalue weighted by atomic mass is 10.6. The van der Waals surface area contributed by atoms with Crippen LogP contribution in [0, 0.1) is 0 Å². The van der Waals surface area contributed by atoms with Crippen LogP contribution >= 0.6 is 30.6 Å². The average molecular weight is 316 g/mol. The first-order chi connectivity index (χ1) is 5.16. The van der Waals surface area contributed by atoms with E-state index in [9.17, 15) is 0 Å². The molecule has 0 spiro atoms. The molecule has 1 saturated heterocycles. The van der Waals surface area contributed by atoms with Crippen LogP contribution in [0.15, 0.2) is 0 Å². The molecule has 0 radical (unpaired) electrons. The zero-order chi connectivity index (χ0) is 8.32.